The summed E-state index contributed by atoms with van der Waals surface area (Å²) < 4.78 is 8.43. The highest BCUT2D eigenvalue weighted by atomic mass is 79.9. The molecule has 0 amide bonds. The molecule has 4 aromatic rings. The fourth-order valence-corrected chi connectivity index (χ4v) is 3.45. The Morgan fingerprint density at radius 2 is 1.92 bits per heavy atom. The fourth-order valence-electron chi connectivity index (χ4n) is 2.86. The van der Waals surface area contributed by atoms with Crippen LogP contribution in [-0.2, 0) is 4.74 Å². The van der Waals surface area contributed by atoms with E-state index in [0.717, 1.165) is 26.3 Å². The van der Waals surface area contributed by atoms with Gasteiger partial charge in [0.2, 0.25) is 0 Å². The molecule has 6 heteroatoms. The third-order valence-corrected chi connectivity index (χ3v) is 4.70. The molecular formula is C18H13BrClN3O. The number of rotatable bonds is 3. The van der Waals surface area contributed by atoms with Gasteiger partial charge in [-0.15, -0.1) is 0 Å². The first kappa shape index (κ1) is 15.6. The molecular weight excluding hydrogens is 390 g/mol. The van der Waals surface area contributed by atoms with Crippen molar-refractivity contribution in [1.29, 1.82) is 0 Å². The molecule has 1 atom stereocenters. The normalized spacial score (nSPS) is 12.8. The Balaban J connectivity index is 1.96. The van der Waals surface area contributed by atoms with E-state index in [1.54, 1.807) is 11.8 Å². The lowest BCUT2D eigenvalue weighted by molar-refractivity contribution is 0.0687. The largest absolute Gasteiger partial charge is 0.355 e. The van der Waals surface area contributed by atoms with Crippen molar-refractivity contribution in [2.75, 3.05) is 7.11 Å². The highest BCUT2D eigenvalue weighted by Crippen LogP contribution is 2.31. The number of nitrogens with zero attached hydrogens (tertiary/aromatic N) is 3. The summed E-state index contributed by atoms with van der Waals surface area (Å²) >= 11 is 9.85. The van der Waals surface area contributed by atoms with Crippen LogP contribution in [0.25, 0.3) is 21.8 Å². The number of hydrogen-bond donors (Lipinski definition) is 0. The Bertz CT molecular complexity index is 1030. The van der Waals surface area contributed by atoms with Gasteiger partial charge in [-0.2, -0.15) is 5.10 Å². The van der Waals surface area contributed by atoms with Crippen molar-refractivity contribution < 1.29 is 4.74 Å². The first-order valence-electron chi connectivity index (χ1n) is 7.39. The van der Waals surface area contributed by atoms with E-state index in [9.17, 15) is 0 Å². The zero-order valence-corrected chi connectivity index (χ0v) is 15.1. The molecule has 0 radical (unpaired) electrons. The predicted octanol–water partition coefficient (Wildman–Crippen LogP) is 5.19. The summed E-state index contributed by atoms with van der Waals surface area (Å²) in [6.07, 6.45) is 1.63. The lowest BCUT2D eigenvalue weighted by Crippen LogP contribution is -2.13. The third-order valence-electron chi connectivity index (χ3n) is 3.94. The van der Waals surface area contributed by atoms with Gasteiger partial charge >= 0.3 is 0 Å². The molecule has 0 aliphatic rings. The smallest absolute Gasteiger partial charge is 0.175 e. The molecule has 0 bridgehead atoms. The maximum atomic E-state index is 6.34. The average molecular weight is 403 g/mol. The second kappa shape index (κ2) is 6.16. The number of methoxy groups -OCH3 is 1. The summed E-state index contributed by atoms with van der Waals surface area (Å²) in [7, 11) is 1.67. The summed E-state index contributed by atoms with van der Waals surface area (Å²) in [4.78, 5) is 4.44. The van der Waals surface area contributed by atoms with Gasteiger partial charge in [0, 0.05) is 34.1 Å². The van der Waals surface area contributed by atoms with E-state index in [-0.39, 0.29) is 6.23 Å². The Kier molecular flexibility index (Phi) is 4.00. The molecule has 0 saturated heterocycles. The van der Waals surface area contributed by atoms with Gasteiger partial charge in [0.15, 0.2) is 11.4 Å². The van der Waals surface area contributed by atoms with Gasteiger partial charge in [-0.05, 0) is 18.2 Å². The van der Waals surface area contributed by atoms with Crippen molar-refractivity contribution in [2.24, 2.45) is 0 Å². The topological polar surface area (TPSA) is 39.9 Å². The van der Waals surface area contributed by atoms with Crippen LogP contribution in [0.1, 0.15) is 11.8 Å². The van der Waals surface area contributed by atoms with Gasteiger partial charge in [0.05, 0.1) is 5.52 Å². The Morgan fingerprint density at radius 1 is 1.12 bits per heavy atom. The van der Waals surface area contributed by atoms with Crippen molar-refractivity contribution in [3.63, 3.8) is 0 Å². The predicted molar refractivity (Wildman–Crippen MR) is 99.3 cm³/mol. The van der Waals surface area contributed by atoms with Crippen LogP contribution in [0.2, 0.25) is 5.15 Å². The summed E-state index contributed by atoms with van der Waals surface area (Å²) in [6.45, 7) is 0. The van der Waals surface area contributed by atoms with Crippen LogP contribution < -0.4 is 0 Å². The van der Waals surface area contributed by atoms with Crippen LogP contribution >= 0.6 is 27.5 Å². The van der Waals surface area contributed by atoms with Crippen LogP contribution in [0.15, 0.2) is 59.2 Å². The lowest BCUT2D eigenvalue weighted by Gasteiger charge is -2.15. The highest BCUT2D eigenvalue weighted by molar-refractivity contribution is 9.10. The van der Waals surface area contributed by atoms with Crippen LogP contribution in [-0.4, -0.2) is 21.9 Å². The SMILES string of the molecule is COC(c1ccccc1)n1cc2c(n1)c(Cl)nc1ccc(Br)cc12. The summed E-state index contributed by atoms with van der Waals surface area (Å²) in [5, 5.41) is 6.96. The molecule has 2 heterocycles. The number of hydrogen-bond acceptors (Lipinski definition) is 3. The number of ether oxygens (including phenoxy) is 1. The minimum atomic E-state index is -0.322. The minimum Gasteiger partial charge on any atom is -0.355 e. The molecule has 2 aromatic heterocycles. The maximum absolute atomic E-state index is 6.34. The number of benzene rings is 2. The summed E-state index contributed by atoms with van der Waals surface area (Å²) in [5.41, 5.74) is 2.52. The van der Waals surface area contributed by atoms with Crippen LogP contribution in [0.5, 0.6) is 0 Å². The van der Waals surface area contributed by atoms with Gasteiger partial charge in [0.1, 0.15) is 5.52 Å². The fraction of sp³-hybridized carbons (Fsp3) is 0.111. The zero-order valence-electron chi connectivity index (χ0n) is 12.8. The van der Waals surface area contributed by atoms with E-state index >= 15 is 0 Å². The molecule has 4 rings (SSSR count). The highest BCUT2D eigenvalue weighted by Gasteiger charge is 2.17. The maximum Gasteiger partial charge on any atom is 0.175 e. The summed E-state index contributed by atoms with van der Waals surface area (Å²) in [5.74, 6) is 0. The van der Waals surface area contributed by atoms with Crippen molar-refractivity contribution in [2.45, 2.75) is 6.23 Å². The van der Waals surface area contributed by atoms with E-state index in [1.807, 2.05) is 54.7 Å². The molecule has 1 unspecified atom stereocenters. The molecule has 24 heavy (non-hydrogen) atoms. The van der Waals surface area contributed by atoms with Gasteiger partial charge in [-0.25, -0.2) is 9.67 Å². The number of pyridine rings is 1. The van der Waals surface area contributed by atoms with Crippen LogP contribution in [0.3, 0.4) is 0 Å². The van der Waals surface area contributed by atoms with Crippen molar-refractivity contribution in [3.8, 4) is 0 Å². The molecule has 2 aromatic carbocycles. The molecule has 120 valence electrons. The average Bonchev–Trinajstić information content (AvgIpc) is 3.03. The van der Waals surface area contributed by atoms with Gasteiger partial charge in [0.25, 0.3) is 0 Å². The molecule has 0 N–H and O–H groups in total. The van der Waals surface area contributed by atoms with E-state index in [4.69, 9.17) is 16.3 Å². The number of fused-ring (bicyclic) bond motifs is 3. The van der Waals surface area contributed by atoms with Crippen molar-refractivity contribution >= 4 is 49.3 Å². The first-order valence-corrected chi connectivity index (χ1v) is 8.56. The van der Waals surface area contributed by atoms with E-state index in [2.05, 4.69) is 26.0 Å². The molecule has 0 saturated carbocycles. The lowest BCUT2D eigenvalue weighted by atomic mass is 10.1. The Hall–Kier alpha value is -1.95. The van der Waals surface area contributed by atoms with E-state index in [0.29, 0.717) is 10.7 Å². The van der Waals surface area contributed by atoms with Crippen molar-refractivity contribution in [1.82, 2.24) is 14.8 Å². The van der Waals surface area contributed by atoms with E-state index < -0.39 is 0 Å². The molecule has 0 fully saturated rings. The van der Waals surface area contributed by atoms with Crippen LogP contribution in [0.4, 0.5) is 0 Å². The minimum absolute atomic E-state index is 0.322. The molecule has 0 aliphatic carbocycles. The zero-order chi connectivity index (χ0) is 16.7. The Labute approximate surface area is 152 Å². The quantitative estimate of drug-likeness (QED) is 0.443. The Morgan fingerprint density at radius 3 is 2.67 bits per heavy atom. The van der Waals surface area contributed by atoms with Gasteiger partial charge in [-0.1, -0.05) is 57.9 Å². The molecule has 4 nitrogen and oxygen atoms in total. The van der Waals surface area contributed by atoms with Gasteiger partial charge < -0.3 is 4.74 Å². The third kappa shape index (κ3) is 2.59. The number of halogens is 2. The second-order valence-corrected chi connectivity index (χ2v) is 6.71. The monoisotopic (exact) mass is 401 g/mol. The first-order chi connectivity index (χ1) is 11.7. The molecule has 0 aliphatic heterocycles. The van der Waals surface area contributed by atoms with Crippen molar-refractivity contribution in [3.05, 3.63) is 69.9 Å². The van der Waals surface area contributed by atoms with E-state index in [1.165, 1.54) is 0 Å². The molecule has 0 spiro atoms. The summed E-state index contributed by atoms with van der Waals surface area (Å²) in [6, 6.07) is 15.9. The number of aromatic nitrogens is 3. The standard InChI is InChI=1S/C18H13BrClN3O/c1-24-18(11-5-3-2-4-6-11)23-10-14-13-9-12(19)7-8-15(13)21-17(20)16(14)22-23/h2-10,18H,1H3. The second-order valence-electron chi connectivity index (χ2n) is 5.43. The van der Waals surface area contributed by atoms with Crippen LogP contribution in [0, 0.1) is 0 Å². The van der Waals surface area contributed by atoms with Gasteiger partial charge in [-0.3, -0.25) is 0 Å².